The zero-order valence-corrected chi connectivity index (χ0v) is 14.8. The number of ketones is 1. The number of Topliss-reactive ketones (excluding diaryl/α,β-unsaturated/α-hetero) is 1. The summed E-state index contributed by atoms with van der Waals surface area (Å²) < 4.78 is 0. The predicted octanol–water partition coefficient (Wildman–Crippen LogP) is 3.72. The number of aromatic nitrogens is 1. The van der Waals surface area contributed by atoms with Crippen LogP contribution in [-0.2, 0) is 0 Å². The van der Waals surface area contributed by atoms with Crippen LogP contribution >= 0.6 is 11.3 Å². The van der Waals surface area contributed by atoms with Crippen molar-refractivity contribution in [2.75, 3.05) is 11.9 Å². The Bertz CT molecular complexity index is 822. The molecule has 0 unspecified atom stereocenters. The third-order valence-electron chi connectivity index (χ3n) is 3.27. The standard InChI is InChI=1S/C19H21N3O2S/c1-13(8-10-20)12-14(2)21-19-5-3-4-15(22-19)17-6-7-18(25-17)16(24)9-11-23/h3-8,10,12,23H,2,9,11,20H2,1H3,(H,21,22)/b10-8-,13-12-. The molecule has 6 heteroatoms. The lowest BCUT2D eigenvalue weighted by molar-refractivity contribution is 0.0960. The maximum atomic E-state index is 11.8. The van der Waals surface area contributed by atoms with Crippen molar-refractivity contribution in [3.8, 4) is 10.6 Å². The third-order valence-corrected chi connectivity index (χ3v) is 4.42. The molecule has 0 aliphatic heterocycles. The van der Waals surface area contributed by atoms with Gasteiger partial charge >= 0.3 is 0 Å². The number of nitrogens with one attached hydrogen (secondary N) is 1. The number of aliphatic hydroxyl groups excluding tert-OH is 1. The van der Waals surface area contributed by atoms with Gasteiger partial charge in [0.2, 0.25) is 0 Å². The highest BCUT2D eigenvalue weighted by Gasteiger charge is 2.11. The summed E-state index contributed by atoms with van der Waals surface area (Å²) in [6.45, 7) is 5.74. The van der Waals surface area contributed by atoms with E-state index in [4.69, 9.17) is 10.8 Å². The molecular weight excluding hydrogens is 334 g/mol. The van der Waals surface area contributed by atoms with Crippen LogP contribution in [0.5, 0.6) is 0 Å². The number of anilines is 1. The Labute approximate surface area is 151 Å². The Kier molecular flexibility index (Phi) is 6.68. The number of thiophene rings is 1. The molecule has 2 heterocycles. The molecule has 130 valence electrons. The van der Waals surface area contributed by atoms with Crippen molar-refractivity contribution < 1.29 is 9.90 Å². The van der Waals surface area contributed by atoms with Crippen LogP contribution in [0.4, 0.5) is 5.82 Å². The molecule has 0 aromatic carbocycles. The highest BCUT2D eigenvalue weighted by atomic mass is 32.1. The first-order valence-electron chi connectivity index (χ1n) is 7.77. The van der Waals surface area contributed by atoms with Gasteiger partial charge in [-0.25, -0.2) is 4.98 Å². The summed E-state index contributed by atoms with van der Waals surface area (Å²) in [5.74, 6) is 0.606. The zero-order chi connectivity index (χ0) is 18.2. The van der Waals surface area contributed by atoms with Crippen molar-refractivity contribution in [3.63, 3.8) is 0 Å². The fraction of sp³-hybridized carbons (Fsp3) is 0.158. The van der Waals surface area contributed by atoms with E-state index >= 15 is 0 Å². The van der Waals surface area contributed by atoms with Gasteiger partial charge in [-0.2, -0.15) is 0 Å². The number of aliphatic hydroxyl groups is 1. The number of hydrogen-bond donors (Lipinski definition) is 3. The number of allylic oxidation sites excluding steroid dienone is 3. The first kappa shape index (κ1) is 18.6. The molecule has 4 N–H and O–H groups in total. The third kappa shape index (κ3) is 5.41. The fourth-order valence-electron chi connectivity index (χ4n) is 2.17. The van der Waals surface area contributed by atoms with Crippen molar-refractivity contribution in [1.29, 1.82) is 0 Å². The summed E-state index contributed by atoms with van der Waals surface area (Å²) in [5.41, 5.74) is 7.81. The number of nitrogens with two attached hydrogens (primary N) is 1. The van der Waals surface area contributed by atoms with E-state index in [-0.39, 0.29) is 18.8 Å². The van der Waals surface area contributed by atoms with Crippen molar-refractivity contribution in [2.24, 2.45) is 5.73 Å². The van der Waals surface area contributed by atoms with Crippen LogP contribution in [0.15, 0.2) is 66.5 Å². The average Bonchev–Trinajstić information content (AvgIpc) is 3.05. The van der Waals surface area contributed by atoms with Gasteiger partial charge in [0.15, 0.2) is 5.78 Å². The first-order valence-corrected chi connectivity index (χ1v) is 8.59. The predicted molar refractivity (Wildman–Crippen MR) is 103 cm³/mol. The molecule has 0 aliphatic carbocycles. The van der Waals surface area contributed by atoms with E-state index in [1.54, 1.807) is 12.1 Å². The van der Waals surface area contributed by atoms with E-state index in [0.717, 1.165) is 16.1 Å². The van der Waals surface area contributed by atoms with Crippen molar-refractivity contribution in [2.45, 2.75) is 13.3 Å². The topological polar surface area (TPSA) is 88.2 Å². The van der Waals surface area contributed by atoms with Crippen LogP contribution in [0.25, 0.3) is 10.6 Å². The molecule has 0 radical (unpaired) electrons. The van der Waals surface area contributed by atoms with E-state index in [2.05, 4.69) is 16.9 Å². The summed E-state index contributed by atoms with van der Waals surface area (Å²) in [6, 6.07) is 9.26. The largest absolute Gasteiger partial charge is 0.405 e. The number of carbonyl (C=O) groups excluding carboxylic acids is 1. The van der Waals surface area contributed by atoms with Gasteiger partial charge in [0.05, 0.1) is 22.1 Å². The van der Waals surface area contributed by atoms with Crippen LogP contribution in [0.3, 0.4) is 0 Å². The Morgan fingerprint density at radius 1 is 1.40 bits per heavy atom. The van der Waals surface area contributed by atoms with Gasteiger partial charge in [-0.15, -0.1) is 11.3 Å². The van der Waals surface area contributed by atoms with Gasteiger partial charge in [-0.1, -0.05) is 12.6 Å². The van der Waals surface area contributed by atoms with Gasteiger partial charge in [-0.05, 0) is 55.1 Å². The molecule has 2 aromatic rings. The Hall–Kier alpha value is -2.70. The average molecular weight is 355 g/mol. The molecule has 0 bridgehead atoms. The maximum Gasteiger partial charge on any atom is 0.175 e. The minimum absolute atomic E-state index is 0.0602. The number of nitrogens with zero attached hydrogens (tertiary/aromatic N) is 1. The van der Waals surface area contributed by atoms with E-state index in [1.165, 1.54) is 17.5 Å². The first-order chi connectivity index (χ1) is 12.0. The number of hydrogen-bond acceptors (Lipinski definition) is 6. The number of pyridine rings is 1. The molecule has 0 spiro atoms. The molecule has 0 amide bonds. The SMILES string of the molecule is C=C(/C=C(C)\C=C/N)Nc1cccc(-c2ccc(C(=O)CCO)s2)n1. The van der Waals surface area contributed by atoms with Crippen molar-refractivity contribution in [3.05, 3.63) is 71.4 Å². The van der Waals surface area contributed by atoms with E-state index in [0.29, 0.717) is 16.4 Å². The van der Waals surface area contributed by atoms with Gasteiger partial charge in [0.1, 0.15) is 5.82 Å². The maximum absolute atomic E-state index is 11.8. The minimum atomic E-state index is -0.141. The highest BCUT2D eigenvalue weighted by molar-refractivity contribution is 7.17. The van der Waals surface area contributed by atoms with E-state index in [9.17, 15) is 4.79 Å². The van der Waals surface area contributed by atoms with Gasteiger partial charge in [0.25, 0.3) is 0 Å². The van der Waals surface area contributed by atoms with E-state index in [1.807, 2.05) is 37.3 Å². The molecule has 25 heavy (non-hydrogen) atoms. The second-order valence-electron chi connectivity index (χ2n) is 5.37. The second-order valence-corrected chi connectivity index (χ2v) is 6.45. The molecule has 0 saturated heterocycles. The molecule has 2 aromatic heterocycles. The summed E-state index contributed by atoms with van der Waals surface area (Å²) in [5, 5.41) is 12.0. The molecule has 0 atom stereocenters. The quantitative estimate of drug-likeness (QED) is 0.496. The van der Waals surface area contributed by atoms with Gasteiger partial charge in [0, 0.05) is 12.1 Å². The summed E-state index contributed by atoms with van der Waals surface area (Å²) >= 11 is 1.37. The fourth-order valence-corrected chi connectivity index (χ4v) is 3.11. The van der Waals surface area contributed by atoms with Gasteiger partial charge < -0.3 is 16.2 Å². The number of rotatable bonds is 8. The summed E-state index contributed by atoms with van der Waals surface area (Å²) in [6.07, 6.45) is 5.27. The molecule has 0 aliphatic rings. The Morgan fingerprint density at radius 3 is 2.92 bits per heavy atom. The van der Waals surface area contributed by atoms with Crippen LogP contribution in [0.2, 0.25) is 0 Å². The lowest BCUT2D eigenvalue weighted by Crippen LogP contribution is -1.99. The lowest BCUT2D eigenvalue weighted by atomic mass is 10.2. The zero-order valence-electron chi connectivity index (χ0n) is 14.0. The summed E-state index contributed by atoms with van der Waals surface area (Å²) in [4.78, 5) is 17.9. The second kappa shape index (κ2) is 8.96. The minimum Gasteiger partial charge on any atom is -0.405 e. The molecule has 0 fully saturated rings. The molecular formula is C19H21N3O2S. The van der Waals surface area contributed by atoms with E-state index < -0.39 is 0 Å². The van der Waals surface area contributed by atoms with Crippen LogP contribution < -0.4 is 11.1 Å². The smallest absolute Gasteiger partial charge is 0.175 e. The summed E-state index contributed by atoms with van der Waals surface area (Å²) in [7, 11) is 0. The van der Waals surface area contributed by atoms with Crippen molar-refractivity contribution >= 4 is 22.9 Å². The van der Waals surface area contributed by atoms with Crippen LogP contribution in [-0.4, -0.2) is 22.5 Å². The van der Waals surface area contributed by atoms with Crippen molar-refractivity contribution in [1.82, 2.24) is 4.98 Å². The monoisotopic (exact) mass is 355 g/mol. The van der Waals surface area contributed by atoms with Crippen LogP contribution in [0.1, 0.15) is 23.0 Å². The molecule has 0 saturated carbocycles. The lowest BCUT2D eigenvalue weighted by Gasteiger charge is -2.07. The molecule has 2 rings (SSSR count). The van der Waals surface area contributed by atoms with Gasteiger partial charge in [-0.3, -0.25) is 4.79 Å². The normalized spacial score (nSPS) is 11.7. The number of carbonyl (C=O) groups is 1. The molecule has 5 nitrogen and oxygen atoms in total. The van der Waals surface area contributed by atoms with Crippen LogP contribution in [0, 0.1) is 0 Å². The Balaban J connectivity index is 2.15. The Morgan fingerprint density at radius 2 is 2.20 bits per heavy atom. The highest BCUT2D eigenvalue weighted by Crippen LogP contribution is 2.28.